The predicted octanol–water partition coefficient (Wildman–Crippen LogP) is 2.68. The molecule has 0 aliphatic heterocycles. The fourth-order valence-electron chi connectivity index (χ4n) is 2.61. The molecule has 0 unspecified atom stereocenters. The van der Waals surface area contributed by atoms with Crippen molar-refractivity contribution in [2.24, 2.45) is 0 Å². The molecule has 154 valence electrons. The van der Waals surface area contributed by atoms with Crippen LogP contribution in [0.3, 0.4) is 0 Å². The van der Waals surface area contributed by atoms with Gasteiger partial charge in [0.25, 0.3) is 5.91 Å². The molecule has 0 aliphatic carbocycles. The number of urea groups is 1. The van der Waals surface area contributed by atoms with Crippen LogP contribution in [0.4, 0.5) is 9.18 Å². The Hall–Kier alpha value is -4.01. The first-order valence-corrected chi connectivity index (χ1v) is 9.03. The molecule has 0 saturated carbocycles. The number of imide groups is 1. The SMILES string of the molecule is CNC(=O)NC(=O)[C@@H](C)OC(=O)c1cn(-c2ccccc2)nc1-c1ccc(F)cc1. The van der Waals surface area contributed by atoms with Gasteiger partial charge in [0.05, 0.1) is 5.69 Å². The molecule has 0 saturated heterocycles. The van der Waals surface area contributed by atoms with Crippen LogP contribution in [-0.4, -0.2) is 40.8 Å². The van der Waals surface area contributed by atoms with Crippen molar-refractivity contribution >= 4 is 17.9 Å². The van der Waals surface area contributed by atoms with Crippen molar-refractivity contribution in [2.45, 2.75) is 13.0 Å². The normalized spacial score (nSPS) is 11.4. The molecule has 0 fully saturated rings. The number of aromatic nitrogens is 2. The number of carbonyl (C=O) groups excluding carboxylic acids is 3. The average molecular weight is 410 g/mol. The summed E-state index contributed by atoms with van der Waals surface area (Å²) in [5, 5.41) is 8.72. The number of amides is 3. The predicted molar refractivity (Wildman–Crippen MR) is 106 cm³/mol. The van der Waals surface area contributed by atoms with Crippen molar-refractivity contribution in [2.75, 3.05) is 7.05 Å². The van der Waals surface area contributed by atoms with Crippen LogP contribution >= 0.6 is 0 Å². The lowest BCUT2D eigenvalue weighted by atomic mass is 10.1. The molecule has 8 nitrogen and oxygen atoms in total. The minimum Gasteiger partial charge on any atom is -0.449 e. The second-order valence-electron chi connectivity index (χ2n) is 6.29. The largest absolute Gasteiger partial charge is 0.449 e. The zero-order chi connectivity index (χ0) is 21.7. The number of rotatable bonds is 5. The minimum absolute atomic E-state index is 0.0880. The average Bonchev–Trinajstić information content (AvgIpc) is 3.20. The molecule has 0 bridgehead atoms. The number of carbonyl (C=O) groups is 3. The van der Waals surface area contributed by atoms with Gasteiger partial charge < -0.3 is 10.1 Å². The maximum absolute atomic E-state index is 13.3. The fraction of sp³-hybridized carbons (Fsp3) is 0.143. The zero-order valence-corrected chi connectivity index (χ0v) is 16.3. The number of hydrogen-bond donors (Lipinski definition) is 2. The molecule has 30 heavy (non-hydrogen) atoms. The van der Waals surface area contributed by atoms with E-state index in [0.29, 0.717) is 11.3 Å². The maximum atomic E-state index is 13.3. The number of nitrogens with one attached hydrogen (secondary N) is 2. The first-order chi connectivity index (χ1) is 14.4. The Labute approximate surface area is 171 Å². The summed E-state index contributed by atoms with van der Waals surface area (Å²) in [5.41, 5.74) is 1.55. The van der Waals surface area contributed by atoms with Crippen LogP contribution in [0.2, 0.25) is 0 Å². The number of hydrogen-bond acceptors (Lipinski definition) is 5. The standard InChI is InChI=1S/C21H19FN4O4/c1-13(19(27)24-21(29)23-2)30-20(28)17-12-26(16-6-4-3-5-7-16)25-18(17)14-8-10-15(22)11-9-14/h3-13H,1-2H3,(H2,23,24,27,29)/t13-/m1/s1. The van der Waals surface area contributed by atoms with Crippen molar-refractivity contribution < 1.29 is 23.5 Å². The van der Waals surface area contributed by atoms with Crippen LogP contribution in [-0.2, 0) is 9.53 Å². The Morgan fingerprint density at radius 2 is 1.73 bits per heavy atom. The van der Waals surface area contributed by atoms with Crippen molar-refractivity contribution in [3.63, 3.8) is 0 Å². The van der Waals surface area contributed by atoms with Crippen LogP contribution in [0.5, 0.6) is 0 Å². The van der Waals surface area contributed by atoms with Gasteiger partial charge in [-0.1, -0.05) is 18.2 Å². The van der Waals surface area contributed by atoms with Crippen LogP contribution in [0.25, 0.3) is 16.9 Å². The number of para-hydroxylation sites is 1. The summed E-state index contributed by atoms with van der Waals surface area (Å²) in [6.45, 7) is 1.34. The molecule has 1 atom stereocenters. The Balaban J connectivity index is 1.92. The molecule has 9 heteroatoms. The summed E-state index contributed by atoms with van der Waals surface area (Å²) in [4.78, 5) is 36.1. The smallest absolute Gasteiger partial charge is 0.342 e. The van der Waals surface area contributed by atoms with Gasteiger partial charge in [-0.2, -0.15) is 5.10 Å². The highest BCUT2D eigenvalue weighted by Gasteiger charge is 2.25. The molecule has 0 spiro atoms. The molecule has 2 N–H and O–H groups in total. The van der Waals surface area contributed by atoms with Gasteiger partial charge in [-0.05, 0) is 43.3 Å². The van der Waals surface area contributed by atoms with Crippen LogP contribution < -0.4 is 10.6 Å². The van der Waals surface area contributed by atoms with Gasteiger partial charge >= 0.3 is 12.0 Å². The van der Waals surface area contributed by atoms with Gasteiger partial charge in [0.1, 0.15) is 17.1 Å². The van der Waals surface area contributed by atoms with Gasteiger partial charge in [0.15, 0.2) is 6.10 Å². The van der Waals surface area contributed by atoms with Gasteiger partial charge in [0.2, 0.25) is 0 Å². The summed E-state index contributed by atoms with van der Waals surface area (Å²) in [6.07, 6.45) is 0.246. The highest BCUT2D eigenvalue weighted by atomic mass is 19.1. The first kappa shape index (κ1) is 20.7. The molecule has 0 aliphatic rings. The third-order valence-corrected chi connectivity index (χ3v) is 4.19. The lowest BCUT2D eigenvalue weighted by Crippen LogP contribution is -2.43. The van der Waals surface area contributed by atoms with Gasteiger partial charge in [-0.3, -0.25) is 10.1 Å². The second kappa shape index (κ2) is 8.99. The van der Waals surface area contributed by atoms with Gasteiger partial charge in [0, 0.05) is 18.8 Å². The molecule has 3 rings (SSSR count). The molecule has 3 amide bonds. The first-order valence-electron chi connectivity index (χ1n) is 9.03. The Morgan fingerprint density at radius 1 is 1.07 bits per heavy atom. The number of nitrogens with zero attached hydrogens (tertiary/aromatic N) is 2. The third-order valence-electron chi connectivity index (χ3n) is 4.19. The molecule has 3 aromatic rings. The highest BCUT2D eigenvalue weighted by molar-refractivity contribution is 6.00. The van der Waals surface area contributed by atoms with Crippen molar-refractivity contribution in [1.29, 1.82) is 0 Å². The van der Waals surface area contributed by atoms with Crippen molar-refractivity contribution in [1.82, 2.24) is 20.4 Å². The van der Waals surface area contributed by atoms with Crippen LogP contribution in [0.1, 0.15) is 17.3 Å². The third kappa shape index (κ3) is 4.69. The van der Waals surface area contributed by atoms with E-state index in [1.54, 1.807) is 12.1 Å². The highest BCUT2D eigenvalue weighted by Crippen LogP contribution is 2.25. The molecule has 2 aromatic carbocycles. The van der Waals surface area contributed by atoms with E-state index >= 15 is 0 Å². The van der Waals surface area contributed by atoms with E-state index in [1.807, 2.05) is 23.5 Å². The van der Waals surface area contributed by atoms with Gasteiger partial charge in [-0.25, -0.2) is 18.7 Å². The summed E-state index contributed by atoms with van der Waals surface area (Å²) in [6, 6.07) is 13.9. The summed E-state index contributed by atoms with van der Waals surface area (Å²) >= 11 is 0. The minimum atomic E-state index is -1.23. The van der Waals surface area contributed by atoms with E-state index in [4.69, 9.17) is 4.74 Å². The Morgan fingerprint density at radius 3 is 2.37 bits per heavy atom. The molecular weight excluding hydrogens is 391 g/mol. The lowest BCUT2D eigenvalue weighted by molar-refractivity contribution is -0.127. The number of esters is 1. The van der Waals surface area contributed by atoms with E-state index < -0.39 is 29.8 Å². The topological polar surface area (TPSA) is 102 Å². The van der Waals surface area contributed by atoms with Gasteiger partial charge in [-0.15, -0.1) is 0 Å². The van der Waals surface area contributed by atoms with E-state index in [9.17, 15) is 18.8 Å². The number of benzene rings is 2. The zero-order valence-electron chi connectivity index (χ0n) is 16.3. The summed E-state index contributed by atoms with van der Waals surface area (Å²) in [5.74, 6) is -2.01. The molecule has 1 heterocycles. The van der Waals surface area contributed by atoms with Crippen LogP contribution in [0.15, 0.2) is 60.8 Å². The Bertz CT molecular complexity index is 1060. The lowest BCUT2D eigenvalue weighted by Gasteiger charge is -2.12. The Kier molecular flexibility index (Phi) is 6.21. The fourth-order valence-corrected chi connectivity index (χ4v) is 2.61. The molecule has 0 radical (unpaired) electrons. The van der Waals surface area contributed by atoms with E-state index in [-0.39, 0.29) is 11.3 Å². The monoisotopic (exact) mass is 410 g/mol. The van der Waals surface area contributed by atoms with Crippen molar-refractivity contribution in [3.05, 3.63) is 72.2 Å². The number of ether oxygens (including phenoxy) is 1. The number of halogens is 1. The maximum Gasteiger partial charge on any atom is 0.342 e. The van der Waals surface area contributed by atoms with E-state index in [2.05, 4.69) is 10.4 Å². The van der Waals surface area contributed by atoms with Crippen molar-refractivity contribution in [3.8, 4) is 16.9 Å². The molecule has 1 aromatic heterocycles. The van der Waals surface area contributed by atoms with E-state index in [1.165, 1.54) is 49.1 Å². The van der Waals surface area contributed by atoms with Crippen LogP contribution in [0, 0.1) is 5.82 Å². The second-order valence-corrected chi connectivity index (χ2v) is 6.29. The molecular formula is C21H19FN4O4. The summed E-state index contributed by atoms with van der Waals surface area (Å²) < 4.78 is 20.0. The van der Waals surface area contributed by atoms with E-state index in [0.717, 1.165) is 0 Å². The summed E-state index contributed by atoms with van der Waals surface area (Å²) in [7, 11) is 1.35. The quantitative estimate of drug-likeness (QED) is 0.630.